The largest absolute Gasteiger partial charge is 0.490 e. The maximum atomic E-state index is 14.0. The summed E-state index contributed by atoms with van der Waals surface area (Å²) in [4.78, 5) is 28.7. The molecule has 252 valence electrons. The highest BCUT2D eigenvalue weighted by molar-refractivity contribution is 7.92. The summed E-state index contributed by atoms with van der Waals surface area (Å²) in [6, 6.07) is 11.6. The Balaban J connectivity index is 1.57. The maximum absolute atomic E-state index is 14.0. The van der Waals surface area contributed by atoms with Crippen LogP contribution in [0.5, 0.6) is 5.75 Å². The summed E-state index contributed by atoms with van der Waals surface area (Å²) in [7, 11) is -0.0645. The molecule has 0 saturated heterocycles. The lowest BCUT2D eigenvalue weighted by atomic mass is 9.70. The minimum atomic E-state index is -3.34. The third-order valence-electron chi connectivity index (χ3n) is 9.75. The molecule has 11 heteroatoms. The number of nitrogens with one attached hydrogen (secondary N) is 1. The van der Waals surface area contributed by atoms with Crippen LogP contribution in [0.4, 0.5) is 5.69 Å². The fraction of sp³-hybridized carbons (Fsp3) is 0.600. The van der Waals surface area contributed by atoms with Gasteiger partial charge in [-0.3, -0.25) is 14.3 Å². The monoisotopic (exact) mass is 673 g/mol. The molecule has 2 bridgehead atoms. The molecule has 2 heterocycles. The summed E-state index contributed by atoms with van der Waals surface area (Å²) in [5, 5.41) is 0.744. The van der Waals surface area contributed by atoms with Crippen molar-refractivity contribution in [3.63, 3.8) is 0 Å². The Hall–Kier alpha value is -2.66. The van der Waals surface area contributed by atoms with Crippen molar-refractivity contribution in [3.8, 4) is 5.75 Å². The molecule has 0 saturated carbocycles. The number of aryl methyl sites for hydroxylation is 1. The number of hydrogen-bond acceptors (Lipinski definition) is 7. The van der Waals surface area contributed by atoms with E-state index in [2.05, 4.69) is 33.0 Å². The Morgan fingerprint density at radius 2 is 2.02 bits per heavy atom. The second kappa shape index (κ2) is 15.5. The Bertz CT molecular complexity index is 1530. The number of benzene rings is 2. The molecule has 9 nitrogen and oxygen atoms in total. The van der Waals surface area contributed by atoms with Crippen molar-refractivity contribution in [1.82, 2.24) is 4.72 Å². The van der Waals surface area contributed by atoms with Gasteiger partial charge in [0.2, 0.25) is 5.91 Å². The van der Waals surface area contributed by atoms with E-state index in [1.807, 2.05) is 18.2 Å². The number of rotatable bonds is 6. The first-order valence-electron chi connectivity index (χ1n) is 16.6. The van der Waals surface area contributed by atoms with Crippen molar-refractivity contribution in [3.05, 3.63) is 58.1 Å². The van der Waals surface area contributed by atoms with Crippen LogP contribution in [0.25, 0.3) is 0 Å². The zero-order chi connectivity index (χ0) is 32.7. The van der Waals surface area contributed by atoms with Crippen LogP contribution in [0.15, 0.2) is 40.8 Å². The molecule has 0 aromatic heterocycles. The lowest BCUT2D eigenvalue weighted by Crippen LogP contribution is -2.47. The van der Waals surface area contributed by atoms with Crippen LogP contribution in [-0.2, 0) is 36.0 Å². The van der Waals surface area contributed by atoms with Crippen LogP contribution in [0.3, 0.4) is 0 Å². The lowest BCUT2D eigenvalue weighted by molar-refractivity contribution is -0.120. The first kappa shape index (κ1) is 34.7. The van der Waals surface area contributed by atoms with Crippen molar-refractivity contribution in [2.45, 2.75) is 82.7 Å². The SMILES string of the molecule is CC[C@@H]1C[C@@H](OC)CCCCCS(=O)(NC(=O)CCOC)=NC(=O)c2ccc3c(c2)N(C1)C[C@@]1(CCCc2cc(Cl)ccc21)CO3. The molecule has 0 radical (unpaired) electrons. The van der Waals surface area contributed by atoms with Gasteiger partial charge in [-0.05, 0) is 85.9 Å². The smallest absolute Gasteiger partial charge is 0.286 e. The van der Waals surface area contributed by atoms with Gasteiger partial charge in [0, 0.05) is 43.3 Å². The molecule has 1 spiro atoms. The molecular formula is C35H48ClN3O6S. The summed E-state index contributed by atoms with van der Waals surface area (Å²) < 4.78 is 38.3. The van der Waals surface area contributed by atoms with E-state index in [1.165, 1.54) is 18.2 Å². The maximum Gasteiger partial charge on any atom is 0.286 e. The summed E-state index contributed by atoms with van der Waals surface area (Å²) >= 11 is 6.43. The Labute approximate surface area is 279 Å². The van der Waals surface area contributed by atoms with Gasteiger partial charge in [-0.25, -0.2) is 4.21 Å². The highest BCUT2D eigenvalue weighted by Crippen LogP contribution is 2.45. The van der Waals surface area contributed by atoms with E-state index in [0.717, 1.165) is 75.2 Å². The predicted molar refractivity (Wildman–Crippen MR) is 182 cm³/mol. The normalized spacial score (nSPS) is 27.2. The van der Waals surface area contributed by atoms with Gasteiger partial charge in [0.1, 0.15) is 15.7 Å². The molecule has 2 aromatic rings. The lowest BCUT2D eigenvalue weighted by Gasteiger charge is -2.41. The molecule has 2 aromatic carbocycles. The predicted octanol–water partition coefficient (Wildman–Crippen LogP) is 6.49. The fourth-order valence-corrected chi connectivity index (χ4v) is 9.07. The van der Waals surface area contributed by atoms with Crippen LogP contribution in [0.2, 0.25) is 5.02 Å². The highest BCUT2D eigenvalue weighted by Gasteiger charge is 2.42. The van der Waals surface area contributed by atoms with E-state index in [-0.39, 0.29) is 30.3 Å². The number of amides is 2. The summed E-state index contributed by atoms with van der Waals surface area (Å²) in [5.74, 6) is 0.0963. The molecular weight excluding hydrogens is 626 g/mol. The van der Waals surface area contributed by atoms with Gasteiger partial charge < -0.3 is 19.1 Å². The molecule has 0 fully saturated rings. The summed E-state index contributed by atoms with van der Waals surface area (Å²) in [5.41, 5.74) is 3.45. The quantitative estimate of drug-likeness (QED) is 0.373. The molecule has 1 aliphatic carbocycles. The number of halogens is 1. The third-order valence-corrected chi connectivity index (χ3v) is 11.8. The van der Waals surface area contributed by atoms with E-state index < -0.39 is 21.7 Å². The molecule has 2 aliphatic heterocycles. The fourth-order valence-electron chi connectivity index (χ4n) is 7.21. The second-order valence-corrected chi connectivity index (χ2v) is 15.5. The standard InChI is InChI=1S/C35H48ClN3O6S/c1-4-25-19-29(44-3)10-6-5-7-18-46(42,37-33(40)15-17-43-2)38-34(41)27-11-14-32-31(21-27)39(22-25)23-35(24-45-32)16-8-9-26-20-28(36)12-13-30(26)35/h11-14,20-21,25,29H,4-10,15-19,22-24H2,1-3H3,(H,37,38,40,41,42)/t25-,29+,35+,46?/m1/s1. The van der Waals surface area contributed by atoms with Crippen LogP contribution in [0, 0.1) is 5.92 Å². The van der Waals surface area contributed by atoms with Gasteiger partial charge in [-0.2, -0.15) is 0 Å². The number of fused-ring (bicyclic) bond motifs is 3. The Kier molecular flexibility index (Phi) is 11.7. The summed E-state index contributed by atoms with van der Waals surface area (Å²) in [6.45, 7) is 4.44. The zero-order valence-corrected chi connectivity index (χ0v) is 28.9. The van der Waals surface area contributed by atoms with Crippen LogP contribution in [0.1, 0.15) is 86.2 Å². The number of nitrogens with zero attached hydrogens (tertiary/aromatic N) is 2. The number of anilines is 1. The topological polar surface area (TPSA) is 107 Å². The average molecular weight is 674 g/mol. The van der Waals surface area contributed by atoms with Crippen LogP contribution >= 0.6 is 11.6 Å². The van der Waals surface area contributed by atoms with Crippen LogP contribution in [-0.4, -0.2) is 68.4 Å². The van der Waals surface area contributed by atoms with Gasteiger partial charge in [-0.1, -0.05) is 43.9 Å². The van der Waals surface area contributed by atoms with E-state index in [9.17, 15) is 13.8 Å². The first-order chi connectivity index (χ1) is 22.2. The van der Waals surface area contributed by atoms with Crippen molar-refractivity contribution in [1.29, 1.82) is 0 Å². The Morgan fingerprint density at radius 3 is 2.80 bits per heavy atom. The van der Waals surface area contributed by atoms with Crippen molar-refractivity contribution in [2.75, 3.05) is 51.2 Å². The van der Waals surface area contributed by atoms with Crippen molar-refractivity contribution in [2.24, 2.45) is 10.3 Å². The number of hydrogen-bond donors (Lipinski definition) is 1. The molecule has 3 aliphatic rings. The van der Waals surface area contributed by atoms with Gasteiger partial charge >= 0.3 is 0 Å². The minimum absolute atomic E-state index is 0.0353. The third kappa shape index (κ3) is 8.24. The van der Waals surface area contributed by atoms with Crippen molar-refractivity contribution >= 4 is 39.0 Å². The van der Waals surface area contributed by atoms with Crippen molar-refractivity contribution < 1.29 is 28.0 Å². The van der Waals surface area contributed by atoms with Gasteiger partial charge in [0.05, 0.1) is 37.2 Å². The van der Waals surface area contributed by atoms with Gasteiger partial charge in [0.15, 0.2) is 0 Å². The zero-order valence-electron chi connectivity index (χ0n) is 27.4. The Morgan fingerprint density at radius 1 is 1.17 bits per heavy atom. The molecule has 46 heavy (non-hydrogen) atoms. The number of carbonyl (C=O) groups is 2. The van der Waals surface area contributed by atoms with Gasteiger partial charge in [-0.15, -0.1) is 4.36 Å². The summed E-state index contributed by atoms with van der Waals surface area (Å²) in [6.07, 6.45) is 8.17. The van der Waals surface area contributed by atoms with Gasteiger partial charge in [0.25, 0.3) is 5.91 Å². The van der Waals surface area contributed by atoms with E-state index >= 15 is 0 Å². The molecule has 2 amide bonds. The first-order valence-corrected chi connectivity index (χ1v) is 18.7. The number of carbonyl (C=O) groups excluding carboxylic acids is 2. The van der Waals surface area contributed by atoms with E-state index in [1.54, 1.807) is 13.2 Å². The van der Waals surface area contributed by atoms with Crippen LogP contribution < -0.4 is 14.4 Å². The molecule has 5 rings (SSSR count). The minimum Gasteiger partial charge on any atom is -0.490 e. The highest BCUT2D eigenvalue weighted by atomic mass is 35.5. The molecule has 1 N–H and O–H groups in total. The van der Waals surface area contributed by atoms with E-state index in [4.69, 9.17) is 25.8 Å². The number of methoxy groups -OCH3 is 2. The molecule has 1 unspecified atom stereocenters. The van der Waals surface area contributed by atoms with E-state index in [0.29, 0.717) is 30.3 Å². The molecule has 4 atom stereocenters. The number of ether oxygens (including phenoxy) is 3. The second-order valence-electron chi connectivity index (χ2n) is 13.0. The average Bonchev–Trinajstić information content (AvgIpc) is 3.18.